The molecule has 0 amide bonds. The van der Waals surface area contributed by atoms with Crippen LogP contribution < -0.4 is 0 Å². The fraction of sp³-hybridized carbons (Fsp3) is 0.562. The minimum atomic E-state index is -2.68. The molecule has 0 saturated carbocycles. The number of aliphatic imine (C=N–C) groups is 2. The third-order valence-electron chi connectivity index (χ3n) is 4.17. The van der Waals surface area contributed by atoms with Gasteiger partial charge in [-0.1, -0.05) is 5.18 Å². The SMILES string of the molecule is C=NC(Cl)=N/C(=C\C)OC1CCN(C(CN=O)c2scnc2C(F)F)CC1. The van der Waals surface area contributed by atoms with Crippen LogP contribution in [0, 0.1) is 4.91 Å². The van der Waals surface area contributed by atoms with Gasteiger partial charge in [0.15, 0.2) is 0 Å². The zero-order valence-corrected chi connectivity index (χ0v) is 16.3. The maximum absolute atomic E-state index is 13.2. The Labute approximate surface area is 164 Å². The van der Waals surface area contributed by atoms with Gasteiger partial charge in [-0.25, -0.2) is 18.8 Å². The Morgan fingerprint density at radius 1 is 1.56 bits per heavy atom. The van der Waals surface area contributed by atoms with E-state index < -0.39 is 12.5 Å². The molecule has 2 heterocycles. The van der Waals surface area contributed by atoms with Gasteiger partial charge >= 0.3 is 0 Å². The summed E-state index contributed by atoms with van der Waals surface area (Å²) < 4.78 is 32.1. The number of rotatable bonds is 8. The van der Waals surface area contributed by atoms with E-state index in [9.17, 15) is 13.7 Å². The van der Waals surface area contributed by atoms with E-state index in [0.717, 1.165) is 11.3 Å². The summed E-state index contributed by atoms with van der Waals surface area (Å²) in [6.07, 6.45) is 0.172. The normalized spacial score (nSPS) is 18.6. The number of halogens is 3. The number of nitrogens with zero attached hydrogens (tertiary/aromatic N) is 5. The molecule has 1 aliphatic heterocycles. The fourth-order valence-electron chi connectivity index (χ4n) is 2.87. The van der Waals surface area contributed by atoms with Gasteiger partial charge in [-0.05, 0) is 44.2 Å². The summed E-state index contributed by atoms with van der Waals surface area (Å²) in [4.78, 5) is 24.5. The van der Waals surface area contributed by atoms with Crippen molar-refractivity contribution in [1.29, 1.82) is 0 Å². The quantitative estimate of drug-likeness (QED) is 0.204. The first kappa shape index (κ1) is 21.5. The number of allylic oxidation sites excluding steroid dienone is 1. The molecule has 1 unspecified atom stereocenters. The topological polar surface area (TPSA) is 79.5 Å². The zero-order chi connectivity index (χ0) is 19.8. The number of amidine groups is 1. The Morgan fingerprint density at radius 2 is 2.26 bits per heavy atom. The summed E-state index contributed by atoms with van der Waals surface area (Å²) in [7, 11) is 0. The number of aromatic nitrogens is 1. The third-order valence-corrected chi connectivity index (χ3v) is 5.32. The van der Waals surface area contributed by atoms with Crippen molar-refractivity contribution in [1.82, 2.24) is 9.88 Å². The second kappa shape index (κ2) is 10.5. The van der Waals surface area contributed by atoms with Gasteiger partial charge < -0.3 is 4.74 Å². The Balaban J connectivity index is 2.02. The van der Waals surface area contributed by atoms with E-state index in [-0.39, 0.29) is 23.6 Å². The Bertz CT molecular complexity index is 705. The van der Waals surface area contributed by atoms with Gasteiger partial charge in [0.25, 0.3) is 6.43 Å². The minimum absolute atomic E-state index is 0.0117. The summed E-state index contributed by atoms with van der Waals surface area (Å²) in [5.74, 6) is 0.347. The van der Waals surface area contributed by atoms with Crippen LogP contribution in [-0.2, 0) is 4.74 Å². The number of hydrogen-bond donors (Lipinski definition) is 0. The van der Waals surface area contributed by atoms with E-state index in [1.54, 1.807) is 13.0 Å². The lowest BCUT2D eigenvalue weighted by Crippen LogP contribution is -2.40. The largest absolute Gasteiger partial charge is 0.474 e. The molecule has 1 aliphatic rings. The van der Waals surface area contributed by atoms with Crippen LogP contribution in [0.5, 0.6) is 0 Å². The van der Waals surface area contributed by atoms with E-state index in [4.69, 9.17) is 16.3 Å². The molecule has 0 bridgehead atoms. The molecule has 1 atom stereocenters. The van der Waals surface area contributed by atoms with Crippen LogP contribution in [0.1, 0.15) is 42.8 Å². The van der Waals surface area contributed by atoms with E-state index in [1.807, 2.05) is 4.90 Å². The van der Waals surface area contributed by atoms with Crippen LogP contribution in [0.15, 0.2) is 32.6 Å². The van der Waals surface area contributed by atoms with Gasteiger partial charge in [0.1, 0.15) is 18.3 Å². The molecule has 0 spiro atoms. The average molecular weight is 420 g/mol. The van der Waals surface area contributed by atoms with Crippen LogP contribution in [0.4, 0.5) is 8.78 Å². The first-order valence-electron chi connectivity index (χ1n) is 8.28. The highest BCUT2D eigenvalue weighted by molar-refractivity contribution is 7.09. The first-order chi connectivity index (χ1) is 13.0. The number of hydrogen-bond acceptors (Lipinski definition) is 7. The maximum Gasteiger partial charge on any atom is 0.281 e. The van der Waals surface area contributed by atoms with E-state index >= 15 is 0 Å². The second-order valence-electron chi connectivity index (χ2n) is 5.75. The monoisotopic (exact) mass is 419 g/mol. The van der Waals surface area contributed by atoms with Crippen molar-refractivity contribution in [3.05, 3.63) is 32.9 Å². The van der Waals surface area contributed by atoms with Crippen molar-refractivity contribution in [3.8, 4) is 0 Å². The molecule has 27 heavy (non-hydrogen) atoms. The second-order valence-corrected chi connectivity index (χ2v) is 6.97. The molecule has 7 nitrogen and oxygen atoms in total. The van der Waals surface area contributed by atoms with Crippen LogP contribution >= 0.6 is 22.9 Å². The lowest BCUT2D eigenvalue weighted by atomic mass is 10.0. The van der Waals surface area contributed by atoms with E-state index in [0.29, 0.717) is 36.7 Å². The van der Waals surface area contributed by atoms with Gasteiger partial charge in [-0.15, -0.1) is 11.3 Å². The van der Waals surface area contributed by atoms with Crippen molar-refractivity contribution in [3.63, 3.8) is 0 Å². The number of nitroso groups, excluding NO2 is 1. The predicted octanol–water partition coefficient (Wildman–Crippen LogP) is 4.53. The molecule has 0 aliphatic carbocycles. The maximum atomic E-state index is 13.2. The summed E-state index contributed by atoms with van der Waals surface area (Å²) >= 11 is 6.86. The number of ether oxygens (including phenoxy) is 1. The number of piperidine rings is 1. The zero-order valence-electron chi connectivity index (χ0n) is 14.7. The van der Waals surface area contributed by atoms with Crippen molar-refractivity contribution < 1.29 is 13.5 Å². The molecular formula is C16H20ClF2N5O2S. The first-order valence-corrected chi connectivity index (χ1v) is 9.54. The predicted molar refractivity (Wildman–Crippen MR) is 103 cm³/mol. The summed E-state index contributed by atoms with van der Waals surface area (Å²) in [5.41, 5.74) is 1.10. The molecule has 2 rings (SSSR count). The molecule has 1 aromatic heterocycles. The lowest BCUT2D eigenvalue weighted by molar-refractivity contribution is 0.0349. The van der Waals surface area contributed by atoms with Gasteiger partial charge in [0.05, 0.1) is 16.4 Å². The fourth-order valence-corrected chi connectivity index (χ4v) is 3.88. The molecule has 11 heteroatoms. The molecule has 0 radical (unpaired) electrons. The Hall–Kier alpha value is -1.78. The van der Waals surface area contributed by atoms with E-state index in [2.05, 4.69) is 26.9 Å². The minimum Gasteiger partial charge on any atom is -0.474 e. The smallest absolute Gasteiger partial charge is 0.281 e. The van der Waals surface area contributed by atoms with Gasteiger partial charge in [-0.2, -0.15) is 9.90 Å². The average Bonchev–Trinajstić information content (AvgIpc) is 3.16. The third kappa shape index (κ3) is 5.85. The van der Waals surface area contributed by atoms with Crippen LogP contribution in [-0.4, -0.2) is 47.6 Å². The van der Waals surface area contributed by atoms with Gasteiger partial charge in [0, 0.05) is 13.1 Å². The van der Waals surface area contributed by atoms with Crippen LogP contribution in [0.25, 0.3) is 0 Å². The molecular weight excluding hydrogens is 400 g/mol. The van der Waals surface area contributed by atoms with Crippen LogP contribution in [0.2, 0.25) is 0 Å². The molecule has 1 fully saturated rings. The Morgan fingerprint density at radius 3 is 2.81 bits per heavy atom. The lowest BCUT2D eigenvalue weighted by Gasteiger charge is -2.36. The van der Waals surface area contributed by atoms with Crippen molar-refractivity contribution >= 4 is 35.0 Å². The van der Waals surface area contributed by atoms with Crippen molar-refractivity contribution in [2.75, 3.05) is 19.6 Å². The molecule has 148 valence electrons. The number of thiazole rings is 1. The highest BCUT2D eigenvalue weighted by atomic mass is 35.5. The molecule has 0 N–H and O–H groups in total. The van der Waals surface area contributed by atoms with Crippen LogP contribution in [0.3, 0.4) is 0 Å². The number of likely N-dealkylation sites (tertiary alicyclic amines) is 1. The molecule has 1 saturated heterocycles. The molecule has 1 aromatic rings. The summed E-state index contributed by atoms with van der Waals surface area (Å²) in [6.45, 7) is 6.10. The highest BCUT2D eigenvalue weighted by Gasteiger charge is 2.32. The summed E-state index contributed by atoms with van der Waals surface area (Å²) in [6, 6.07) is -0.501. The number of alkyl halides is 2. The highest BCUT2D eigenvalue weighted by Crippen LogP contribution is 2.35. The standard InChI is InChI=1S/C16H20ClF2N5O2S/c1-3-12(23-16(17)20-2)26-10-4-6-24(7-5-10)11(8-22-25)14-13(15(18)19)21-9-27-14/h3,9-11,15H,2,4-8H2,1H3/b12-3+,23-16?. The van der Waals surface area contributed by atoms with Crippen molar-refractivity contribution in [2.45, 2.75) is 38.3 Å². The molecule has 0 aromatic carbocycles. The van der Waals surface area contributed by atoms with Gasteiger partial charge in [0.2, 0.25) is 11.2 Å². The van der Waals surface area contributed by atoms with E-state index in [1.165, 1.54) is 5.51 Å². The van der Waals surface area contributed by atoms with Gasteiger partial charge in [-0.3, -0.25) is 4.90 Å². The van der Waals surface area contributed by atoms with Crippen molar-refractivity contribution in [2.24, 2.45) is 15.2 Å². The Kier molecular flexibility index (Phi) is 8.39. The summed E-state index contributed by atoms with van der Waals surface area (Å²) in [5, 5.41) is 2.93.